The number of nitro groups is 1. The van der Waals surface area contributed by atoms with Gasteiger partial charge in [-0.05, 0) is 38.1 Å². The van der Waals surface area contributed by atoms with Gasteiger partial charge in [-0.3, -0.25) is 10.1 Å². The molecule has 0 saturated carbocycles. The summed E-state index contributed by atoms with van der Waals surface area (Å²) in [6.07, 6.45) is 1.15. The highest BCUT2D eigenvalue weighted by Crippen LogP contribution is 2.28. The summed E-state index contributed by atoms with van der Waals surface area (Å²) < 4.78 is 0.723. The van der Waals surface area contributed by atoms with Crippen LogP contribution in [0.15, 0.2) is 22.7 Å². The van der Waals surface area contributed by atoms with Gasteiger partial charge < -0.3 is 10.2 Å². The number of nitrogens with zero attached hydrogens (tertiary/aromatic N) is 2. The summed E-state index contributed by atoms with van der Waals surface area (Å²) in [6, 6.07) is 5.10. The highest BCUT2D eigenvalue weighted by atomic mass is 79.9. The van der Waals surface area contributed by atoms with Crippen LogP contribution in [0, 0.1) is 16.0 Å². The average Bonchev–Trinajstić information content (AvgIpc) is 2.73. The van der Waals surface area contributed by atoms with E-state index in [1.807, 2.05) is 6.07 Å². The molecule has 1 aliphatic rings. The molecule has 0 bridgehead atoms. The van der Waals surface area contributed by atoms with Crippen LogP contribution in [0.4, 0.5) is 11.4 Å². The maximum absolute atomic E-state index is 11.0. The number of hydrogen-bond donors (Lipinski definition) is 1. The molecule has 1 unspecified atom stereocenters. The molecule has 0 amide bonds. The lowest BCUT2D eigenvalue weighted by atomic mass is 10.1. The monoisotopic (exact) mass is 313 g/mol. The fourth-order valence-electron chi connectivity index (χ4n) is 2.25. The first kappa shape index (κ1) is 13.3. The Kier molecular flexibility index (Phi) is 4.19. The van der Waals surface area contributed by atoms with Crippen molar-refractivity contribution >= 4 is 27.3 Å². The average molecular weight is 314 g/mol. The molecule has 1 fully saturated rings. The van der Waals surface area contributed by atoms with Crippen LogP contribution in [0.5, 0.6) is 0 Å². The van der Waals surface area contributed by atoms with E-state index in [1.165, 1.54) is 6.07 Å². The molecule has 0 spiro atoms. The molecule has 1 N–H and O–H groups in total. The van der Waals surface area contributed by atoms with Gasteiger partial charge >= 0.3 is 0 Å². The van der Waals surface area contributed by atoms with E-state index in [4.69, 9.17) is 0 Å². The van der Waals surface area contributed by atoms with E-state index in [0.29, 0.717) is 11.6 Å². The van der Waals surface area contributed by atoms with Crippen molar-refractivity contribution < 1.29 is 4.92 Å². The highest BCUT2D eigenvalue weighted by Gasteiger charge is 2.20. The number of likely N-dealkylation sites (tertiary alicyclic amines) is 1. The fraction of sp³-hybridized carbons (Fsp3) is 0.500. The van der Waals surface area contributed by atoms with Gasteiger partial charge in [-0.1, -0.05) is 15.9 Å². The number of nitro benzene ring substituents is 1. The zero-order valence-electron chi connectivity index (χ0n) is 10.2. The normalized spacial score (nSPS) is 20.0. The van der Waals surface area contributed by atoms with Crippen molar-refractivity contribution in [3.8, 4) is 0 Å². The molecule has 1 aromatic carbocycles. The third-order valence-electron chi connectivity index (χ3n) is 3.23. The van der Waals surface area contributed by atoms with Gasteiger partial charge in [-0.15, -0.1) is 0 Å². The molecule has 0 aromatic heterocycles. The van der Waals surface area contributed by atoms with Gasteiger partial charge in [0.25, 0.3) is 5.69 Å². The second-order valence-electron chi connectivity index (χ2n) is 4.72. The van der Waals surface area contributed by atoms with Crippen LogP contribution in [0.25, 0.3) is 0 Å². The largest absolute Gasteiger partial charge is 0.379 e. The van der Waals surface area contributed by atoms with Gasteiger partial charge in [0, 0.05) is 23.6 Å². The predicted octanol–water partition coefficient (Wildman–Crippen LogP) is 2.72. The lowest BCUT2D eigenvalue weighted by Gasteiger charge is -2.12. The quantitative estimate of drug-likeness (QED) is 0.686. The first-order valence-electron chi connectivity index (χ1n) is 5.92. The molecule has 6 heteroatoms. The molecule has 1 aromatic rings. The third-order valence-corrected chi connectivity index (χ3v) is 3.72. The Labute approximate surface area is 114 Å². The van der Waals surface area contributed by atoms with Gasteiger partial charge in [-0.25, -0.2) is 0 Å². The third kappa shape index (κ3) is 3.20. The highest BCUT2D eigenvalue weighted by molar-refractivity contribution is 9.10. The van der Waals surface area contributed by atoms with Crippen LogP contribution in [0.3, 0.4) is 0 Å². The van der Waals surface area contributed by atoms with Gasteiger partial charge in [0.15, 0.2) is 0 Å². The zero-order valence-corrected chi connectivity index (χ0v) is 11.8. The maximum Gasteiger partial charge on any atom is 0.293 e. The Balaban J connectivity index is 2.02. The van der Waals surface area contributed by atoms with Crippen LogP contribution >= 0.6 is 15.9 Å². The fourth-order valence-corrected chi connectivity index (χ4v) is 2.60. The Morgan fingerprint density at radius 3 is 3.00 bits per heavy atom. The summed E-state index contributed by atoms with van der Waals surface area (Å²) >= 11 is 3.25. The SMILES string of the molecule is CN1CCC(CNc2ccc(Br)cc2[N+](=O)[O-])C1. The summed E-state index contributed by atoms with van der Waals surface area (Å²) in [7, 11) is 2.10. The number of anilines is 1. The number of halogens is 1. The maximum atomic E-state index is 11.0. The molecule has 98 valence electrons. The summed E-state index contributed by atoms with van der Waals surface area (Å²) in [5.41, 5.74) is 0.716. The first-order chi connectivity index (χ1) is 8.56. The lowest BCUT2D eigenvalue weighted by molar-refractivity contribution is -0.384. The molecule has 1 saturated heterocycles. The molecule has 18 heavy (non-hydrogen) atoms. The molecule has 1 aliphatic heterocycles. The van der Waals surface area contributed by atoms with Crippen LogP contribution < -0.4 is 5.32 Å². The summed E-state index contributed by atoms with van der Waals surface area (Å²) in [5, 5.41) is 14.2. The Hall–Kier alpha value is -1.14. The van der Waals surface area contributed by atoms with Crippen molar-refractivity contribution in [3.05, 3.63) is 32.8 Å². The van der Waals surface area contributed by atoms with E-state index in [2.05, 4.69) is 33.2 Å². The molecule has 2 rings (SSSR count). The van der Waals surface area contributed by atoms with Gasteiger partial charge in [0.1, 0.15) is 5.69 Å². The molecule has 1 heterocycles. The van der Waals surface area contributed by atoms with Gasteiger partial charge in [0.05, 0.1) is 4.92 Å². The van der Waals surface area contributed by atoms with E-state index in [1.54, 1.807) is 6.07 Å². The van der Waals surface area contributed by atoms with Crippen LogP contribution in [0.1, 0.15) is 6.42 Å². The minimum absolute atomic E-state index is 0.121. The Morgan fingerprint density at radius 1 is 1.61 bits per heavy atom. The van der Waals surface area contributed by atoms with Crippen LogP contribution in [-0.4, -0.2) is 36.5 Å². The molecule has 1 atom stereocenters. The van der Waals surface area contributed by atoms with Crippen molar-refractivity contribution in [1.82, 2.24) is 4.90 Å². The van der Waals surface area contributed by atoms with Crippen molar-refractivity contribution in [2.24, 2.45) is 5.92 Å². The van der Waals surface area contributed by atoms with Gasteiger partial charge in [0.2, 0.25) is 0 Å². The Morgan fingerprint density at radius 2 is 2.39 bits per heavy atom. The summed E-state index contributed by atoms with van der Waals surface area (Å²) in [5.74, 6) is 0.568. The summed E-state index contributed by atoms with van der Waals surface area (Å²) in [4.78, 5) is 12.9. The molecule has 0 radical (unpaired) electrons. The van der Waals surface area contributed by atoms with Crippen LogP contribution in [-0.2, 0) is 0 Å². The minimum Gasteiger partial charge on any atom is -0.379 e. The van der Waals surface area contributed by atoms with E-state index >= 15 is 0 Å². The molecule has 5 nitrogen and oxygen atoms in total. The van der Waals surface area contributed by atoms with E-state index in [9.17, 15) is 10.1 Å². The zero-order chi connectivity index (χ0) is 13.1. The van der Waals surface area contributed by atoms with E-state index in [0.717, 1.165) is 30.5 Å². The lowest BCUT2D eigenvalue weighted by Crippen LogP contribution is -2.19. The molecule has 0 aliphatic carbocycles. The molecular formula is C12H16BrN3O2. The van der Waals surface area contributed by atoms with Gasteiger partial charge in [-0.2, -0.15) is 0 Å². The molecular weight excluding hydrogens is 298 g/mol. The first-order valence-corrected chi connectivity index (χ1v) is 6.72. The number of rotatable bonds is 4. The standard InChI is InChI=1S/C12H16BrN3O2/c1-15-5-4-9(8-15)7-14-11-3-2-10(13)6-12(11)16(17)18/h2-3,6,9,14H,4-5,7-8H2,1H3. The number of nitrogens with one attached hydrogen (secondary N) is 1. The van der Waals surface area contributed by atoms with Crippen molar-refractivity contribution in [2.45, 2.75) is 6.42 Å². The Bertz CT molecular complexity index is 453. The summed E-state index contributed by atoms with van der Waals surface area (Å²) in [6.45, 7) is 2.94. The second kappa shape index (κ2) is 5.67. The van der Waals surface area contributed by atoms with E-state index in [-0.39, 0.29) is 10.6 Å². The van der Waals surface area contributed by atoms with Crippen molar-refractivity contribution in [2.75, 3.05) is 32.0 Å². The number of benzene rings is 1. The van der Waals surface area contributed by atoms with Crippen LogP contribution in [0.2, 0.25) is 0 Å². The topological polar surface area (TPSA) is 58.4 Å². The van der Waals surface area contributed by atoms with Crippen molar-refractivity contribution in [3.63, 3.8) is 0 Å². The second-order valence-corrected chi connectivity index (χ2v) is 5.63. The van der Waals surface area contributed by atoms with E-state index < -0.39 is 0 Å². The van der Waals surface area contributed by atoms with Crippen molar-refractivity contribution in [1.29, 1.82) is 0 Å². The smallest absolute Gasteiger partial charge is 0.293 e. The predicted molar refractivity (Wildman–Crippen MR) is 74.9 cm³/mol. The minimum atomic E-state index is -0.353. The number of hydrogen-bond acceptors (Lipinski definition) is 4.